The summed E-state index contributed by atoms with van der Waals surface area (Å²) in [6.45, 7) is 8.16. The van der Waals surface area contributed by atoms with E-state index in [2.05, 4.69) is 49.7 Å². The number of H-pyrrole nitrogens is 1. The molecule has 0 aliphatic rings. The monoisotopic (exact) mass is 355 g/mol. The van der Waals surface area contributed by atoms with Crippen molar-refractivity contribution in [1.29, 1.82) is 0 Å². The summed E-state index contributed by atoms with van der Waals surface area (Å²) in [7, 11) is 0. The molecular weight excluding hydrogens is 333 g/mol. The molecule has 0 fully saturated rings. The highest BCUT2D eigenvalue weighted by atomic mass is 35.5. The van der Waals surface area contributed by atoms with E-state index in [1.807, 2.05) is 6.08 Å². The van der Waals surface area contributed by atoms with Crippen molar-refractivity contribution in [2.24, 2.45) is 0 Å². The lowest BCUT2D eigenvalue weighted by atomic mass is 9.92. The molecule has 1 nitrogen and oxygen atoms in total. The molecule has 0 saturated heterocycles. The van der Waals surface area contributed by atoms with Crippen LogP contribution < -0.4 is 0 Å². The van der Waals surface area contributed by atoms with Gasteiger partial charge < -0.3 is 4.98 Å². The predicted molar refractivity (Wildman–Crippen MR) is 106 cm³/mol. The number of aromatic amines is 1. The van der Waals surface area contributed by atoms with Crippen LogP contribution in [0.25, 0.3) is 17.0 Å². The zero-order valence-electron chi connectivity index (χ0n) is 14.7. The Labute approximate surface area is 153 Å². The van der Waals surface area contributed by atoms with E-state index in [9.17, 15) is 4.39 Å². The van der Waals surface area contributed by atoms with Crippen molar-refractivity contribution in [2.45, 2.75) is 39.0 Å². The number of hydrogen-bond donors (Lipinski definition) is 1. The van der Waals surface area contributed by atoms with Gasteiger partial charge >= 0.3 is 0 Å². The third-order valence-corrected chi connectivity index (χ3v) is 5.16. The quantitative estimate of drug-likeness (QED) is 0.485. The van der Waals surface area contributed by atoms with Gasteiger partial charge in [-0.05, 0) is 41.7 Å². The van der Waals surface area contributed by atoms with Crippen LogP contribution in [0.3, 0.4) is 0 Å². The van der Waals surface area contributed by atoms with Gasteiger partial charge in [-0.2, -0.15) is 0 Å². The number of halogens is 2. The second kappa shape index (κ2) is 7.45. The van der Waals surface area contributed by atoms with Gasteiger partial charge in [0.15, 0.2) is 0 Å². The highest BCUT2D eigenvalue weighted by Gasteiger charge is 2.19. The Hall–Kier alpha value is -2.06. The Morgan fingerprint density at radius 3 is 2.60 bits per heavy atom. The number of unbranched alkanes of at least 4 members (excludes halogenated alkanes) is 1. The molecule has 0 amide bonds. The fourth-order valence-corrected chi connectivity index (χ4v) is 3.51. The molecule has 1 N–H and O–H groups in total. The van der Waals surface area contributed by atoms with Crippen molar-refractivity contribution in [3.63, 3.8) is 0 Å². The minimum Gasteiger partial charge on any atom is -0.358 e. The second-order valence-electron chi connectivity index (χ2n) is 6.53. The van der Waals surface area contributed by atoms with Crippen molar-refractivity contribution >= 4 is 28.6 Å². The smallest absolute Gasteiger partial charge is 0.143 e. The van der Waals surface area contributed by atoms with Gasteiger partial charge in [0.25, 0.3) is 0 Å². The average Bonchev–Trinajstić information content (AvgIpc) is 2.97. The van der Waals surface area contributed by atoms with Crippen molar-refractivity contribution in [2.75, 3.05) is 0 Å². The summed E-state index contributed by atoms with van der Waals surface area (Å²) in [5.74, 6) is -0.188. The highest BCUT2D eigenvalue weighted by Crippen LogP contribution is 2.35. The lowest BCUT2D eigenvalue weighted by Crippen LogP contribution is -2.01. The summed E-state index contributed by atoms with van der Waals surface area (Å²) in [4.78, 5) is 3.45. The van der Waals surface area contributed by atoms with Crippen LogP contribution in [0.1, 0.15) is 55.0 Å². The van der Waals surface area contributed by atoms with E-state index in [1.54, 1.807) is 6.07 Å². The van der Waals surface area contributed by atoms with E-state index in [0.29, 0.717) is 0 Å². The number of nitrogens with one attached hydrogen (secondary N) is 1. The molecule has 130 valence electrons. The molecule has 0 spiro atoms. The third kappa shape index (κ3) is 3.50. The molecule has 3 heteroatoms. The van der Waals surface area contributed by atoms with E-state index in [0.717, 1.165) is 41.4 Å². The molecule has 2 aromatic carbocycles. The largest absolute Gasteiger partial charge is 0.358 e. The summed E-state index contributed by atoms with van der Waals surface area (Å²) in [5, 5.41) is 1.21. The van der Waals surface area contributed by atoms with E-state index in [-0.39, 0.29) is 16.8 Å². The van der Waals surface area contributed by atoms with Crippen LogP contribution in [0.15, 0.2) is 43.0 Å². The number of benzene rings is 2. The van der Waals surface area contributed by atoms with Gasteiger partial charge in [0.2, 0.25) is 0 Å². The summed E-state index contributed by atoms with van der Waals surface area (Å²) in [6, 6.07) is 11.7. The van der Waals surface area contributed by atoms with Gasteiger partial charge in [-0.1, -0.05) is 68.8 Å². The lowest BCUT2D eigenvalue weighted by molar-refractivity contribution is 0.630. The highest BCUT2D eigenvalue weighted by molar-refractivity contribution is 6.31. The summed E-state index contributed by atoms with van der Waals surface area (Å²) < 4.78 is 13.9. The molecule has 0 aliphatic heterocycles. The fraction of sp³-hybridized carbons (Fsp3) is 0.273. The number of rotatable bonds is 6. The number of aromatic nitrogens is 1. The Balaban J connectivity index is 2.10. The number of aryl methyl sites for hydroxylation is 1. The van der Waals surface area contributed by atoms with Gasteiger partial charge in [-0.15, -0.1) is 0 Å². The van der Waals surface area contributed by atoms with Crippen LogP contribution in [-0.2, 0) is 6.42 Å². The molecule has 25 heavy (non-hydrogen) atoms. The van der Waals surface area contributed by atoms with E-state index in [1.165, 1.54) is 17.2 Å². The first kappa shape index (κ1) is 17.8. The maximum absolute atomic E-state index is 13.9. The fourth-order valence-electron chi connectivity index (χ4n) is 3.35. The van der Waals surface area contributed by atoms with Crippen molar-refractivity contribution < 1.29 is 4.39 Å². The van der Waals surface area contributed by atoms with Crippen LogP contribution >= 0.6 is 11.6 Å². The maximum atomic E-state index is 13.9. The zero-order chi connectivity index (χ0) is 18.0. The van der Waals surface area contributed by atoms with Gasteiger partial charge in [0.1, 0.15) is 5.82 Å². The molecule has 1 unspecified atom stereocenters. The molecule has 1 aromatic heterocycles. The molecule has 0 aliphatic carbocycles. The minimum absolute atomic E-state index is 0.179. The van der Waals surface area contributed by atoms with Crippen LogP contribution in [0, 0.1) is 5.82 Å². The van der Waals surface area contributed by atoms with Gasteiger partial charge in [-0.25, -0.2) is 4.39 Å². The summed E-state index contributed by atoms with van der Waals surface area (Å²) >= 11 is 6.03. The lowest BCUT2D eigenvalue weighted by Gasteiger charge is -2.14. The van der Waals surface area contributed by atoms with Crippen LogP contribution in [0.2, 0.25) is 5.02 Å². The van der Waals surface area contributed by atoms with Crippen LogP contribution in [0.4, 0.5) is 4.39 Å². The molecule has 0 saturated carbocycles. The van der Waals surface area contributed by atoms with Crippen molar-refractivity contribution in [3.05, 3.63) is 76.2 Å². The van der Waals surface area contributed by atoms with Gasteiger partial charge in [-0.3, -0.25) is 0 Å². The van der Waals surface area contributed by atoms with Crippen LogP contribution in [-0.4, -0.2) is 4.98 Å². The third-order valence-electron chi connectivity index (χ3n) is 4.87. The summed E-state index contributed by atoms with van der Waals surface area (Å²) in [6.07, 6.45) is 5.01. The predicted octanol–water partition coefficient (Wildman–Crippen LogP) is 7.10. The molecule has 1 atom stereocenters. The first-order chi connectivity index (χ1) is 12.0. The Morgan fingerprint density at radius 2 is 1.96 bits per heavy atom. The van der Waals surface area contributed by atoms with Crippen molar-refractivity contribution in [3.8, 4) is 0 Å². The molecule has 0 radical (unpaired) electrons. The van der Waals surface area contributed by atoms with Crippen molar-refractivity contribution in [1.82, 2.24) is 4.98 Å². The second-order valence-corrected chi connectivity index (χ2v) is 6.93. The van der Waals surface area contributed by atoms with E-state index < -0.39 is 0 Å². The van der Waals surface area contributed by atoms with Gasteiger partial charge in [0.05, 0.1) is 5.02 Å². The van der Waals surface area contributed by atoms with E-state index >= 15 is 0 Å². The van der Waals surface area contributed by atoms with E-state index in [4.69, 9.17) is 11.6 Å². The summed E-state index contributed by atoms with van der Waals surface area (Å²) in [5.41, 5.74) is 5.54. The number of fused-ring (bicyclic) bond motifs is 1. The maximum Gasteiger partial charge on any atom is 0.143 e. The molecule has 3 rings (SSSR count). The standard InChI is InChI=1S/C22H23ClFN/c1-4-6-7-17-18-12-19(23)20(24)13-21(18)25-22(17)14(3)16-10-8-15(5-2)9-11-16/h5,8-14,25H,2,4,6-7H2,1,3H3. The Morgan fingerprint density at radius 1 is 1.24 bits per heavy atom. The number of hydrogen-bond acceptors (Lipinski definition) is 0. The first-order valence-electron chi connectivity index (χ1n) is 8.77. The zero-order valence-corrected chi connectivity index (χ0v) is 15.5. The molecule has 1 heterocycles. The Kier molecular flexibility index (Phi) is 5.29. The topological polar surface area (TPSA) is 15.8 Å². The van der Waals surface area contributed by atoms with Crippen LogP contribution in [0.5, 0.6) is 0 Å². The molecular formula is C22H23ClFN. The molecule has 3 aromatic rings. The molecule has 0 bridgehead atoms. The Bertz CT molecular complexity index is 893. The normalized spacial score (nSPS) is 12.5. The SMILES string of the molecule is C=Cc1ccc(C(C)c2[nH]c3cc(F)c(Cl)cc3c2CCCC)cc1. The van der Waals surface area contributed by atoms with Gasteiger partial charge in [0, 0.05) is 22.5 Å². The minimum atomic E-state index is -0.382. The first-order valence-corrected chi connectivity index (χ1v) is 9.14. The average molecular weight is 356 g/mol.